The first-order chi connectivity index (χ1) is 17.0. The van der Waals surface area contributed by atoms with Gasteiger partial charge in [0.05, 0.1) is 0 Å². The second kappa shape index (κ2) is 9.70. The van der Waals surface area contributed by atoms with Gasteiger partial charge in [-0.2, -0.15) is 0 Å². The number of carbonyl (C=O) groups excluding carboxylic acids is 2. The van der Waals surface area contributed by atoms with Gasteiger partial charge >= 0.3 is 6.09 Å². The van der Waals surface area contributed by atoms with Crippen LogP contribution in [-0.4, -0.2) is 31.4 Å². The molecule has 0 fully saturated rings. The Balaban J connectivity index is 1.24. The summed E-state index contributed by atoms with van der Waals surface area (Å²) < 4.78 is 16.3. The van der Waals surface area contributed by atoms with Crippen molar-refractivity contribution in [1.82, 2.24) is 5.32 Å². The number of benzene rings is 3. The van der Waals surface area contributed by atoms with Gasteiger partial charge in [-0.25, -0.2) is 4.79 Å². The number of anilines is 1. The minimum absolute atomic E-state index is 0.0424. The number of hydrogen-bond acceptors (Lipinski definition) is 5. The van der Waals surface area contributed by atoms with Gasteiger partial charge in [0.15, 0.2) is 11.5 Å². The molecule has 2 amide bonds. The highest BCUT2D eigenvalue weighted by Gasteiger charge is 2.30. The lowest BCUT2D eigenvalue weighted by Gasteiger charge is -2.21. The van der Waals surface area contributed by atoms with Crippen molar-refractivity contribution in [1.29, 1.82) is 0 Å². The smallest absolute Gasteiger partial charge is 0.407 e. The largest absolute Gasteiger partial charge is 0.454 e. The molecule has 0 unspecified atom stereocenters. The molecule has 1 heterocycles. The SMILES string of the molecule is CC(C)C[C@H](NC(=O)OCC1c2ccccc2-c2ccccc21)C(=O)Nc1ccc2c(c1)OCO2. The number of amides is 2. The van der Waals surface area contributed by atoms with Crippen molar-refractivity contribution in [2.24, 2.45) is 5.92 Å². The molecule has 0 aromatic heterocycles. The van der Waals surface area contributed by atoms with Crippen LogP contribution in [0.2, 0.25) is 0 Å². The minimum Gasteiger partial charge on any atom is -0.454 e. The van der Waals surface area contributed by atoms with Crippen LogP contribution in [0.15, 0.2) is 66.7 Å². The molecular formula is C28H28N2O5. The molecule has 0 spiro atoms. The minimum atomic E-state index is -0.740. The van der Waals surface area contributed by atoms with Gasteiger partial charge in [0.2, 0.25) is 12.7 Å². The summed E-state index contributed by atoms with van der Waals surface area (Å²) in [6, 6.07) is 20.8. The third-order valence-electron chi connectivity index (χ3n) is 6.30. The van der Waals surface area contributed by atoms with E-state index in [1.807, 2.05) is 38.1 Å². The van der Waals surface area contributed by atoms with Crippen LogP contribution in [-0.2, 0) is 9.53 Å². The second-order valence-corrected chi connectivity index (χ2v) is 9.21. The van der Waals surface area contributed by atoms with Crippen molar-refractivity contribution in [2.75, 3.05) is 18.7 Å². The van der Waals surface area contributed by atoms with E-state index in [0.29, 0.717) is 23.6 Å². The summed E-state index contributed by atoms with van der Waals surface area (Å²) in [6.07, 6.45) is -0.140. The average molecular weight is 473 g/mol. The predicted molar refractivity (Wildman–Crippen MR) is 133 cm³/mol. The number of alkyl carbamates (subject to hydrolysis) is 1. The van der Waals surface area contributed by atoms with Crippen LogP contribution in [0, 0.1) is 5.92 Å². The monoisotopic (exact) mass is 472 g/mol. The Hall–Kier alpha value is -4.00. The summed E-state index contributed by atoms with van der Waals surface area (Å²) in [5, 5.41) is 5.62. The normalized spacial score (nSPS) is 14.3. The number of carbonyl (C=O) groups is 2. The van der Waals surface area contributed by atoms with Crippen LogP contribution in [0.1, 0.15) is 37.3 Å². The zero-order chi connectivity index (χ0) is 24.4. The van der Waals surface area contributed by atoms with Crippen molar-refractivity contribution < 1.29 is 23.8 Å². The van der Waals surface area contributed by atoms with E-state index < -0.39 is 12.1 Å². The van der Waals surface area contributed by atoms with Crippen LogP contribution in [0.25, 0.3) is 11.1 Å². The van der Waals surface area contributed by atoms with E-state index in [-0.39, 0.29) is 31.1 Å². The molecule has 1 aliphatic carbocycles. The fraction of sp³-hybridized carbons (Fsp3) is 0.286. The van der Waals surface area contributed by atoms with Crippen LogP contribution in [0.3, 0.4) is 0 Å². The van der Waals surface area contributed by atoms with Crippen LogP contribution >= 0.6 is 0 Å². The maximum atomic E-state index is 13.0. The molecule has 180 valence electrons. The third kappa shape index (κ3) is 4.80. The third-order valence-corrected chi connectivity index (χ3v) is 6.30. The van der Waals surface area contributed by atoms with Crippen molar-refractivity contribution in [3.8, 4) is 22.6 Å². The lowest BCUT2D eigenvalue weighted by atomic mass is 9.98. The molecule has 0 radical (unpaired) electrons. The lowest BCUT2D eigenvalue weighted by molar-refractivity contribution is -0.118. The highest BCUT2D eigenvalue weighted by atomic mass is 16.7. The first kappa shape index (κ1) is 22.8. The summed E-state index contributed by atoms with van der Waals surface area (Å²) in [5.74, 6) is 1.05. The van der Waals surface area contributed by atoms with Crippen LogP contribution < -0.4 is 20.1 Å². The highest BCUT2D eigenvalue weighted by Crippen LogP contribution is 2.44. The van der Waals surface area contributed by atoms with Crippen molar-refractivity contribution in [2.45, 2.75) is 32.2 Å². The predicted octanol–water partition coefficient (Wildman–Crippen LogP) is 5.31. The maximum absolute atomic E-state index is 13.0. The van der Waals surface area contributed by atoms with E-state index in [1.165, 1.54) is 0 Å². The Bertz CT molecular complexity index is 1210. The first-order valence-corrected chi connectivity index (χ1v) is 11.8. The fourth-order valence-electron chi connectivity index (χ4n) is 4.69. The van der Waals surface area contributed by atoms with E-state index in [2.05, 4.69) is 34.9 Å². The van der Waals surface area contributed by atoms with Crippen LogP contribution in [0.4, 0.5) is 10.5 Å². The van der Waals surface area contributed by atoms with E-state index in [1.54, 1.807) is 18.2 Å². The van der Waals surface area contributed by atoms with Gasteiger partial charge in [0, 0.05) is 17.7 Å². The van der Waals surface area contributed by atoms with Crippen molar-refractivity contribution in [3.05, 3.63) is 77.9 Å². The maximum Gasteiger partial charge on any atom is 0.407 e. The number of nitrogens with one attached hydrogen (secondary N) is 2. The molecule has 1 aliphatic heterocycles. The summed E-state index contributed by atoms with van der Waals surface area (Å²) in [7, 11) is 0. The molecule has 2 aliphatic rings. The molecular weight excluding hydrogens is 444 g/mol. The summed E-state index contributed by atoms with van der Waals surface area (Å²) in [6.45, 7) is 4.35. The molecule has 0 bridgehead atoms. The molecule has 1 atom stereocenters. The molecule has 2 N–H and O–H groups in total. The van der Waals surface area contributed by atoms with Crippen LogP contribution in [0.5, 0.6) is 11.5 Å². The number of ether oxygens (including phenoxy) is 3. The first-order valence-electron chi connectivity index (χ1n) is 11.8. The molecule has 3 aromatic carbocycles. The van der Waals surface area contributed by atoms with Gasteiger partial charge in [-0.15, -0.1) is 0 Å². The number of hydrogen-bond donors (Lipinski definition) is 2. The standard InChI is InChI=1S/C28H28N2O5/c1-17(2)13-24(27(31)29-18-11-12-25-26(14-18)35-16-34-25)30-28(32)33-15-23-21-9-5-3-7-19(21)20-8-4-6-10-22(20)23/h3-12,14,17,23-24H,13,15-16H2,1-2H3,(H,29,31)(H,30,32)/t24-/m0/s1. The number of rotatable bonds is 7. The Morgan fingerprint density at radius 2 is 1.60 bits per heavy atom. The summed E-state index contributed by atoms with van der Waals surface area (Å²) >= 11 is 0. The van der Waals surface area contributed by atoms with Gasteiger partial charge in [-0.05, 0) is 46.7 Å². The fourth-order valence-corrected chi connectivity index (χ4v) is 4.69. The molecule has 35 heavy (non-hydrogen) atoms. The quantitative estimate of drug-likeness (QED) is 0.487. The average Bonchev–Trinajstić information content (AvgIpc) is 3.44. The lowest BCUT2D eigenvalue weighted by Crippen LogP contribution is -2.45. The molecule has 5 rings (SSSR count). The summed E-state index contributed by atoms with van der Waals surface area (Å²) in [5.41, 5.74) is 5.18. The highest BCUT2D eigenvalue weighted by molar-refractivity contribution is 5.96. The summed E-state index contributed by atoms with van der Waals surface area (Å²) in [4.78, 5) is 25.8. The molecule has 3 aromatic rings. The Labute approximate surface area is 204 Å². The van der Waals surface area contributed by atoms with Crippen molar-refractivity contribution >= 4 is 17.7 Å². The van der Waals surface area contributed by atoms with Gasteiger partial charge in [-0.1, -0.05) is 62.4 Å². The Morgan fingerprint density at radius 3 is 2.29 bits per heavy atom. The number of fused-ring (bicyclic) bond motifs is 4. The Kier molecular flexibility index (Phi) is 6.31. The van der Waals surface area contributed by atoms with E-state index in [0.717, 1.165) is 22.3 Å². The Morgan fingerprint density at radius 1 is 0.943 bits per heavy atom. The second-order valence-electron chi connectivity index (χ2n) is 9.21. The molecule has 0 saturated heterocycles. The van der Waals surface area contributed by atoms with Gasteiger partial charge in [0.1, 0.15) is 12.6 Å². The molecule has 7 heteroatoms. The zero-order valence-electron chi connectivity index (χ0n) is 19.7. The van der Waals surface area contributed by atoms with Gasteiger partial charge in [0.25, 0.3) is 0 Å². The molecule has 7 nitrogen and oxygen atoms in total. The van der Waals surface area contributed by atoms with Gasteiger partial charge in [-0.3, -0.25) is 4.79 Å². The van der Waals surface area contributed by atoms with Crippen molar-refractivity contribution in [3.63, 3.8) is 0 Å². The molecule has 0 saturated carbocycles. The van der Waals surface area contributed by atoms with E-state index in [4.69, 9.17) is 14.2 Å². The van der Waals surface area contributed by atoms with Gasteiger partial charge < -0.3 is 24.8 Å². The topological polar surface area (TPSA) is 85.9 Å². The van der Waals surface area contributed by atoms with E-state index >= 15 is 0 Å². The zero-order valence-corrected chi connectivity index (χ0v) is 19.7. The van der Waals surface area contributed by atoms with E-state index in [9.17, 15) is 9.59 Å².